The molecule has 5 heteroatoms. The molecule has 0 saturated heterocycles. The molecule has 5 nitrogen and oxygen atoms in total. The summed E-state index contributed by atoms with van der Waals surface area (Å²) in [4.78, 5) is 8.15. The minimum Gasteiger partial charge on any atom is -0.481 e. The number of anilines is 2. The van der Waals surface area contributed by atoms with Crippen LogP contribution in [0.2, 0.25) is 0 Å². The minimum absolute atomic E-state index is 0.0613. The monoisotopic (exact) mass is 238 g/mol. The Kier molecular flexibility index (Phi) is 4.54. The van der Waals surface area contributed by atoms with E-state index in [9.17, 15) is 0 Å². The summed E-state index contributed by atoms with van der Waals surface area (Å²) in [5.41, 5.74) is 5.70. The van der Waals surface area contributed by atoms with Gasteiger partial charge in [-0.15, -0.1) is 0 Å². The van der Waals surface area contributed by atoms with Crippen LogP contribution in [-0.2, 0) is 0 Å². The van der Waals surface area contributed by atoms with Crippen LogP contribution in [0.25, 0.3) is 0 Å². The van der Waals surface area contributed by atoms with Crippen molar-refractivity contribution in [2.24, 2.45) is 0 Å². The summed E-state index contributed by atoms with van der Waals surface area (Å²) in [6.45, 7) is 6.51. The van der Waals surface area contributed by atoms with E-state index in [1.165, 1.54) is 0 Å². The Morgan fingerprint density at radius 1 is 1.24 bits per heavy atom. The summed E-state index contributed by atoms with van der Waals surface area (Å²) >= 11 is 0. The zero-order valence-electron chi connectivity index (χ0n) is 11.1. The molecule has 0 aromatic carbocycles. The molecule has 0 unspecified atom stereocenters. The van der Waals surface area contributed by atoms with E-state index in [4.69, 9.17) is 10.5 Å². The van der Waals surface area contributed by atoms with Gasteiger partial charge in [0.15, 0.2) is 0 Å². The molecule has 0 aliphatic carbocycles. The van der Waals surface area contributed by atoms with Crippen molar-refractivity contribution < 1.29 is 4.74 Å². The van der Waals surface area contributed by atoms with Gasteiger partial charge in [0.1, 0.15) is 5.82 Å². The zero-order chi connectivity index (χ0) is 12.9. The van der Waals surface area contributed by atoms with Crippen LogP contribution in [-0.4, -0.2) is 22.6 Å². The van der Waals surface area contributed by atoms with Gasteiger partial charge >= 0.3 is 0 Å². The lowest BCUT2D eigenvalue weighted by atomic mass is 9.90. The van der Waals surface area contributed by atoms with E-state index in [-0.39, 0.29) is 11.5 Å². The van der Waals surface area contributed by atoms with Gasteiger partial charge in [-0.2, -0.15) is 9.97 Å². The van der Waals surface area contributed by atoms with Crippen LogP contribution in [0.1, 0.15) is 40.0 Å². The number of hydrogen-bond acceptors (Lipinski definition) is 5. The number of aromatic nitrogens is 2. The maximum Gasteiger partial charge on any atom is 0.225 e. The molecule has 0 aliphatic heterocycles. The first-order valence-electron chi connectivity index (χ1n) is 6.05. The Morgan fingerprint density at radius 2 is 1.82 bits per heavy atom. The molecule has 1 aromatic heterocycles. The van der Waals surface area contributed by atoms with Gasteiger partial charge in [-0.1, -0.05) is 20.8 Å². The number of rotatable bonds is 6. The van der Waals surface area contributed by atoms with E-state index in [1.807, 2.05) is 0 Å². The highest BCUT2D eigenvalue weighted by Crippen LogP contribution is 2.26. The standard InChI is InChI=1S/C12H22N4O/c1-5-12(6-2,7-3)16-9-8-10(17-4)15-11(13)14-9/h8H,5-7H2,1-4H3,(H3,13,14,15,16). The third-order valence-electron chi connectivity index (χ3n) is 3.35. The highest BCUT2D eigenvalue weighted by Gasteiger charge is 2.24. The molecule has 0 fully saturated rings. The molecule has 0 radical (unpaired) electrons. The van der Waals surface area contributed by atoms with Gasteiger partial charge in [0.05, 0.1) is 7.11 Å². The number of nitrogen functional groups attached to an aromatic ring is 1. The first-order valence-corrected chi connectivity index (χ1v) is 6.05. The molecule has 0 bridgehead atoms. The zero-order valence-corrected chi connectivity index (χ0v) is 11.1. The van der Waals surface area contributed by atoms with E-state index in [0.717, 1.165) is 25.1 Å². The molecule has 0 saturated carbocycles. The summed E-state index contributed by atoms with van der Waals surface area (Å²) in [5.74, 6) is 1.43. The van der Waals surface area contributed by atoms with Crippen LogP contribution in [0.15, 0.2) is 6.07 Å². The van der Waals surface area contributed by atoms with E-state index in [1.54, 1.807) is 13.2 Å². The number of nitrogens with zero attached hydrogens (tertiary/aromatic N) is 2. The van der Waals surface area contributed by atoms with Crippen molar-refractivity contribution >= 4 is 11.8 Å². The van der Waals surface area contributed by atoms with Gasteiger partial charge in [0.2, 0.25) is 11.8 Å². The van der Waals surface area contributed by atoms with Crippen molar-refractivity contribution in [3.05, 3.63) is 6.07 Å². The lowest BCUT2D eigenvalue weighted by Gasteiger charge is -2.32. The van der Waals surface area contributed by atoms with Crippen molar-refractivity contribution in [2.75, 3.05) is 18.2 Å². The van der Waals surface area contributed by atoms with Crippen molar-refractivity contribution in [1.29, 1.82) is 0 Å². The first-order chi connectivity index (χ1) is 8.09. The minimum atomic E-state index is 0.0613. The van der Waals surface area contributed by atoms with Crippen LogP contribution in [0.4, 0.5) is 11.8 Å². The summed E-state index contributed by atoms with van der Waals surface area (Å²) in [5, 5.41) is 3.45. The normalized spacial score (nSPS) is 11.3. The second-order valence-electron chi connectivity index (χ2n) is 4.12. The average Bonchev–Trinajstić information content (AvgIpc) is 2.35. The topological polar surface area (TPSA) is 73.1 Å². The Labute approximate surface area is 103 Å². The smallest absolute Gasteiger partial charge is 0.225 e. The molecule has 0 amide bonds. The fourth-order valence-electron chi connectivity index (χ4n) is 1.90. The summed E-state index contributed by atoms with van der Waals surface area (Å²) in [6.07, 6.45) is 3.10. The molecule has 17 heavy (non-hydrogen) atoms. The molecule has 0 atom stereocenters. The molecule has 1 aromatic rings. The van der Waals surface area contributed by atoms with Crippen LogP contribution < -0.4 is 15.8 Å². The summed E-state index contributed by atoms with van der Waals surface area (Å²) in [7, 11) is 1.57. The van der Waals surface area contributed by atoms with E-state index < -0.39 is 0 Å². The third kappa shape index (κ3) is 3.22. The molecule has 0 spiro atoms. The first kappa shape index (κ1) is 13.5. The van der Waals surface area contributed by atoms with Gasteiger partial charge in [0.25, 0.3) is 0 Å². The lowest BCUT2D eigenvalue weighted by molar-refractivity contribution is 0.395. The quantitative estimate of drug-likeness (QED) is 0.796. The van der Waals surface area contributed by atoms with Crippen molar-refractivity contribution in [1.82, 2.24) is 9.97 Å². The number of hydrogen-bond donors (Lipinski definition) is 2. The molecular formula is C12H22N4O. The van der Waals surface area contributed by atoms with E-state index in [0.29, 0.717) is 5.88 Å². The Hall–Kier alpha value is -1.52. The van der Waals surface area contributed by atoms with Crippen LogP contribution >= 0.6 is 0 Å². The summed E-state index contributed by atoms with van der Waals surface area (Å²) < 4.78 is 5.08. The molecule has 3 N–H and O–H groups in total. The SMILES string of the molecule is CCC(CC)(CC)Nc1cc(OC)nc(N)n1. The molecule has 1 rings (SSSR count). The predicted molar refractivity (Wildman–Crippen MR) is 70.2 cm³/mol. The van der Waals surface area contributed by atoms with Gasteiger partial charge in [-0.25, -0.2) is 0 Å². The second kappa shape index (κ2) is 5.70. The van der Waals surface area contributed by atoms with Gasteiger partial charge in [-0.05, 0) is 19.3 Å². The summed E-state index contributed by atoms with van der Waals surface area (Å²) in [6, 6.07) is 1.77. The van der Waals surface area contributed by atoms with E-state index >= 15 is 0 Å². The highest BCUT2D eigenvalue weighted by atomic mass is 16.5. The third-order valence-corrected chi connectivity index (χ3v) is 3.35. The van der Waals surface area contributed by atoms with Crippen molar-refractivity contribution in [3.63, 3.8) is 0 Å². The second-order valence-corrected chi connectivity index (χ2v) is 4.12. The van der Waals surface area contributed by atoms with Crippen LogP contribution in [0, 0.1) is 0 Å². The number of ether oxygens (including phenoxy) is 1. The Bertz CT molecular complexity index is 355. The van der Waals surface area contributed by atoms with Crippen LogP contribution in [0.3, 0.4) is 0 Å². The number of nitrogens with one attached hydrogen (secondary N) is 1. The average molecular weight is 238 g/mol. The number of nitrogens with two attached hydrogens (primary N) is 1. The van der Waals surface area contributed by atoms with Gasteiger partial charge in [-0.3, -0.25) is 0 Å². The van der Waals surface area contributed by atoms with Crippen molar-refractivity contribution in [3.8, 4) is 5.88 Å². The molecule has 96 valence electrons. The fourth-order valence-corrected chi connectivity index (χ4v) is 1.90. The highest BCUT2D eigenvalue weighted by molar-refractivity contribution is 5.44. The number of methoxy groups -OCH3 is 1. The predicted octanol–water partition coefficient (Wildman–Crippen LogP) is 2.45. The van der Waals surface area contributed by atoms with E-state index in [2.05, 4.69) is 36.1 Å². The van der Waals surface area contributed by atoms with Gasteiger partial charge in [0, 0.05) is 11.6 Å². The van der Waals surface area contributed by atoms with Gasteiger partial charge < -0.3 is 15.8 Å². The maximum atomic E-state index is 5.64. The molecule has 0 aliphatic rings. The molecular weight excluding hydrogens is 216 g/mol. The fraction of sp³-hybridized carbons (Fsp3) is 0.667. The molecule has 1 heterocycles. The maximum absolute atomic E-state index is 5.64. The lowest BCUT2D eigenvalue weighted by Crippen LogP contribution is -2.36. The largest absolute Gasteiger partial charge is 0.481 e. The van der Waals surface area contributed by atoms with Crippen LogP contribution in [0.5, 0.6) is 5.88 Å². The van der Waals surface area contributed by atoms with Crippen molar-refractivity contribution in [2.45, 2.75) is 45.6 Å². The Morgan fingerprint density at radius 3 is 2.29 bits per heavy atom. The Balaban J connectivity index is 2.96.